The van der Waals surface area contributed by atoms with Gasteiger partial charge in [0.15, 0.2) is 0 Å². The lowest BCUT2D eigenvalue weighted by atomic mass is 9.89. The van der Waals surface area contributed by atoms with Gasteiger partial charge in [-0.1, -0.05) is 55.6 Å². The van der Waals surface area contributed by atoms with Crippen LogP contribution in [0.15, 0.2) is 52.9 Å². The molecule has 6 aliphatic rings. The number of halogens is 1. The maximum Gasteiger partial charge on any atom is 0.486 e. The van der Waals surface area contributed by atoms with E-state index < -0.39 is 47.6 Å². The predicted octanol–water partition coefficient (Wildman–Crippen LogP) is 7.53. The van der Waals surface area contributed by atoms with Crippen molar-refractivity contribution in [3.63, 3.8) is 0 Å². The zero-order valence-corrected chi connectivity index (χ0v) is 40.5. The van der Waals surface area contributed by atoms with Gasteiger partial charge in [0.2, 0.25) is 17.7 Å². The second kappa shape index (κ2) is 20.6. The number of nitrogens with zero attached hydrogens (tertiary/aromatic N) is 3. The van der Waals surface area contributed by atoms with Crippen LogP contribution < -0.4 is 20.1 Å². The minimum absolute atomic E-state index is 0.00725. The van der Waals surface area contributed by atoms with E-state index in [1.807, 2.05) is 70.1 Å². The second-order valence-electron chi connectivity index (χ2n) is 20.1. The second-order valence-corrected chi connectivity index (χ2v) is 20.9. The molecule has 17 heteroatoms. The van der Waals surface area contributed by atoms with Gasteiger partial charge in [-0.2, -0.15) is 0 Å². The summed E-state index contributed by atoms with van der Waals surface area (Å²) in [6.45, 7) is 11.5. The maximum absolute atomic E-state index is 14.7. The van der Waals surface area contributed by atoms with Crippen LogP contribution >= 0.6 is 15.9 Å². The van der Waals surface area contributed by atoms with Gasteiger partial charge in [-0.25, -0.2) is 14.6 Å². The molecule has 1 aromatic heterocycles. The molecule has 15 nitrogen and oxygen atoms in total. The number of hydrogen-bond donors (Lipinski definition) is 3. The molecule has 3 N–H and O–H groups in total. The third-order valence-electron chi connectivity index (χ3n) is 14.7. The molecule has 4 aliphatic heterocycles. The number of likely N-dealkylation sites (tertiary alicyclic amines) is 1. The Morgan fingerprint density at radius 2 is 1.80 bits per heavy atom. The number of benzene rings is 1. The van der Waals surface area contributed by atoms with Gasteiger partial charge in [0.1, 0.15) is 46.7 Å². The lowest BCUT2D eigenvalue weighted by molar-refractivity contribution is -0.145. The van der Waals surface area contributed by atoms with E-state index >= 15 is 0 Å². The maximum atomic E-state index is 14.7. The summed E-state index contributed by atoms with van der Waals surface area (Å²) < 4.78 is 31.5. The summed E-state index contributed by atoms with van der Waals surface area (Å²) in [7, 11) is -0.379. The van der Waals surface area contributed by atoms with Gasteiger partial charge in [0.05, 0.1) is 23.3 Å². The summed E-state index contributed by atoms with van der Waals surface area (Å²) in [4.78, 5) is 63.9. The van der Waals surface area contributed by atoms with Gasteiger partial charge in [-0.3, -0.25) is 14.5 Å². The Labute approximate surface area is 397 Å². The van der Waals surface area contributed by atoms with E-state index in [-0.39, 0.29) is 61.5 Å². The number of para-hydroxylation sites is 1. The van der Waals surface area contributed by atoms with Crippen LogP contribution in [-0.4, -0.2) is 125 Å². The van der Waals surface area contributed by atoms with Gasteiger partial charge in [0.25, 0.3) is 0 Å². The average Bonchev–Trinajstić information content (AvgIpc) is 4.12. The van der Waals surface area contributed by atoms with Crippen LogP contribution in [0.3, 0.4) is 0 Å². The molecule has 3 amide bonds. The SMILES string of the molecule is CC1(C)OB(/C=C/CCC[C@@H]2C[C@H]2OC(=O)N[C@H]2CCCCC/C=C\[C@@H]3C[C@@]3(C(=O)O)NC(=O)[C@@H]3C[C@@H](Oc4nc5ccccc5c(OCCN5CCCCC5)c4Br)CN3C2=O)OC1(C)C. The zero-order valence-electron chi connectivity index (χ0n) is 38.9. The molecule has 2 saturated carbocycles. The first-order chi connectivity index (χ1) is 31.6. The first kappa shape index (κ1) is 48.3. The fourth-order valence-electron chi connectivity index (χ4n) is 9.77. The summed E-state index contributed by atoms with van der Waals surface area (Å²) in [5.74, 6) is 0.550. The predicted molar refractivity (Wildman–Crippen MR) is 253 cm³/mol. The number of alkyl carbamates (subject to hydrolysis) is 1. The third kappa shape index (κ3) is 11.2. The Balaban J connectivity index is 0.940. The number of carboxylic acids is 1. The van der Waals surface area contributed by atoms with Crippen molar-refractivity contribution in [3.05, 3.63) is 52.9 Å². The Morgan fingerprint density at radius 3 is 2.58 bits per heavy atom. The molecule has 7 atom stereocenters. The molecule has 2 aliphatic carbocycles. The minimum Gasteiger partial charge on any atom is -0.490 e. The van der Waals surface area contributed by atoms with Crippen molar-refractivity contribution in [2.45, 2.75) is 159 Å². The molecule has 3 saturated heterocycles. The number of aliphatic carboxylic acids is 1. The highest BCUT2D eigenvalue weighted by Gasteiger charge is 2.61. The van der Waals surface area contributed by atoms with Gasteiger partial charge in [0, 0.05) is 24.3 Å². The van der Waals surface area contributed by atoms with Crippen LogP contribution in [0.25, 0.3) is 10.9 Å². The number of carbonyl (C=O) groups excluding carboxylic acids is 3. The highest BCUT2D eigenvalue weighted by molar-refractivity contribution is 9.10. The van der Waals surface area contributed by atoms with Crippen molar-refractivity contribution in [1.29, 1.82) is 0 Å². The number of unbranched alkanes of at least 4 members (excludes halogenated alkanes) is 1. The lowest BCUT2D eigenvalue weighted by Gasteiger charge is -2.32. The van der Waals surface area contributed by atoms with Crippen molar-refractivity contribution in [2.75, 3.05) is 32.8 Å². The molecule has 0 unspecified atom stereocenters. The Kier molecular flexibility index (Phi) is 15.1. The average molecular weight is 977 g/mol. The molecule has 2 aromatic rings. The van der Waals surface area contributed by atoms with Gasteiger partial charge < -0.3 is 44.2 Å². The van der Waals surface area contributed by atoms with Gasteiger partial charge in [-0.05, 0) is 139 Å². The van der Waals surface area contributed by atoms with E-state index in [4.69, 9.17) is 28.5 Å². The van der Waals surface area contributed by atoms with E-state index in [0.717, 1.165) is 70.0 Å². The van der Waals surface area contributed by atoms with E-state index in [1.54, 1.807) is 0 Å². The Bertz CT molecular complexity index is 2150. The number of amides is 3. The molecule has 5 heterocycles. The van der Waals surface area contributed by atoms with Crippen molar-refractivity contribution in [1.82, 2.24) is 25.4 Å². The smallest absolute Gasteiger partial charge is 0.486 e. The van der Waals surface area contributed by atoms with Crippen LogP contribution in [-0.2, 0) is 28.4 Å². The van der Waals surface area contributed by atoms with Crippen LogP contribution in [0.2, 0.25) is 0 Å². The molecule has 66 heavy (non-hydrogen) atoms. The van der Waals surface area contributed by atoms with Crippen molar-refractivity contribution >= 4 is 57.8 Å². The number of hydrogen-bond acceptors (Lipinski definition) is 11. The van der Waals surface area contributed by atoms with E-state index in [0.29, 0.717) is 35.2 Å². The van der Waals surface area contributed by atoms with Crippen molar-refractivity contribution < 1.29 is 47.8 Å². The quantitative estimate of drug-likeness (QED) is 0.0965. The fourth-order valence-corrected chi connectivity index (χ4v) is 10.3. The molecule has 5 fully saturated rings. The zero-order chi connectivity index (χ0) is 46.6. The normalized spacial score (nSPS) is 30.4. The van der Waals surface area contributed by atoms with Crippen LogP contribution in [0.5, 0.6) is 11.6 Å². The Morgan fingerprint density at radius 1 is 1.05 bits per heavy atom. The number of carbonyl (C=O) groups is 4. The monoisotopic (exact) mass is 975 g/mol. The fraction of sp³-hybridized carbons (Fsp3) is 0.653. The number of ether oxygens (including phenoxy) is 3. The lowest BCUT2D eigenvalue weighted by Crippen LogP contribution is -2.56. The number of piperidine rings is 1. The number of fused-ring (bicyclic) bond motifs is 3. The number of aromatic nitrogens is 1. The number of allylic oxidation sites excluding steroid dienone is 2. The topological polar surface area (TPSA) is 178 Å². The molecule has 358 valence electrons. The standard InChI is InChI=1S/C49H67BBrN5O10/c1-47(2)48(3,4)66-50(65-47)23-15-8-10-18-32-28-39(32)64-46(61)53-37-22-12-7-5-6-11-19-33-30-49(33,45(59)60)54-42(57)38-29-34(31-56(38)44(37)58)63-43-40(51)41(35-20-13-14-21-36(35)52-43)62-27-26-55-24-16-9-17-25-55/h11,13-15,19-21,23,32-34,37-39H,5-10,12,16-18,22,24-31H2,1-4H3,(H,53,61)(H,54,57)(H,59,60)/b19-11-,23-15+/t32-,33-,34-,37+,38+,39-,49-/m1/s1. The summed E-state index contributed by atoms with van der Waals surface area (Å²) in [6.07, 6.45) is 15.1. The molecule has 1 aromatic carbocycles. The first-order valence-corrected chi connectivity index (χ1v) is 25.1. The highest BCUT2D eigenvalue weighted by atomic mass is 79.9. The molecule has 8 rings (SSSR count). The van der Waals surface area contributed by atoms with E-state index in [9.17, 15) is 24.3 Å². The van der Waals surface area contributed by atoms with E-state index in [2.05, 4.69) is 37.5 Å². The molecular weight excluding hydrogens is 909 g/mol. The van der Waals surface area contributed by atoms with Gasteiger partial charge in [-0.15, -0.1) is 0 Å². The first-order valence-electron chi connectivity index (χ1n) is 24.3. The van der Waals surface area contributed by atoms with Gasteiger partial charge >= 0.3 is 19.2 Å². The number of pyridine rings is 1. The van der Waals surface area contributed by atoms with Crippen molar-refractivity contribution in [2.24, 2.45) is 11.8 Å². The third-order valence-corrected chi connectivity index (χ3v) is 15.4. The van der Waals surface area contributed by atoms with E-state index in [1.165, 1.54) is 24.2 Å². The van der Waals surface area contributed by atoms with Crippen LogP contribution in [0, 0.1) is 11.8 Å². The van der Waals surface area contributed by atoms with Crippen molar-refractivity contribution in [3.8, 4) is 11.6 Å². The number of carboxylic acid groups (broad SMARTS) is 1. The summed E-state index contributed by atoms with van der Waals surface area (Å²) in [5.41, 5.74) is -1.57. The highest BCUT2D eigenvalue weighted by Crippen LogP contribution is 2.46. The summed E-state index contributed by atoms with van der Waals surface area (Å²) in [6, 6.07) is 5.61. The van der Waals surface area contributed by atoms with Crippen LogP contribution in [0.4, 0.5) is 4.79 Å². The molecular formula is C49H67BBrN5O10. The summed E-state index contributed by atoms with van der Waals surface area (Å²) in [5, 5.41) is 16.9. The minimum atomic E-state index is -1.46. The number of nitrogens with one attached hydrogen (secondary N) is 2. The van der Waals surface area contributed by atoms with Crippen LogP contribution in [0.1, 0.15) is 118 Å². The molecule has 0 spiro atoms. The Hall–Kier alpha value is -4.19. The summed E-state index contributed by atoms with van der Waals surface area (Å²) >= 11 is 3.73. The molecule has 0 bridgehead atoms. The number of rotatable bonds is 14. The molecule has 0 radical (unpaired) electrons. The largest absolute Gasteiger partial charge is 0.490 e.